The molecule has 12 aromatic rings. The van der Waals surface area contributed by atoms with Gasteiger partial charge in [0.25, 0.3) is 0 Å². The summed E-state index contributed by atoms with van der Waals surface area (Å²) < 4.78 is 18.2. The Balaban J connectivity index is 0.925. The predicted octanol–water partition coefficient (Wildman–Crippen LogP) is 14.8. The first-order chi connectivity index (χ1) is 28.8. The highest BCUT2D eigenvalue weighted by Gasteiger charge is 2.21. The van der Waals surface area contributed by atoms with E-state index in [1.165, 1.54) is 44.0 Å². The van der Waals surface area contributed by atoms with Crippen molar-refractivity contribution in [2.45, 2.75) is 12.8 Å². The quantitative estimate of drug-likeness (QED) is 0.180. The number of rotatable bonds is 4. The van der Waals surface area contributed by atoms with Gasteiger partial charge >= 0.3 is 0 Å². The largest absolute Gasteiger partial charge is 0.455 e. The number of para-hydroxylation sites is 5. The first kappa shape index (κ1) is 31.6. The smallest absolute Gasteiger partial charge is 0.143 e. The lowest BCUT2D eigenvalue weighted by Gasteiger charge is -2.12. The van der Waals surface area contributed by atoms with Crippen LogP contribution in [0.1, 0.15) is 17.7 Å². The third-order valence-corrected chi connectivity index (χ3v) is 12.4. The summed E-state index contributed by atoms with van der Waals surface area (Å²) in [6.45, 7) is 0. The van der Waals surface area contributed by atoms with Gasteiger partial charge in [-0.3, -0.25) is 0 Å². The highest BCUT2D eigenvalue weighted by Crippen LogP contribution is 2.42. The van der Waals surface area contributed by atoms with Crippen LogP contribution in [0.4, 0.5) is 0 Å². The molecule has 0 unspecified atom stereocenters. The molecule has 4 heterocycles. The molecule has 0 radical (unpaired) electrons. The molecule has 0 amide bonds. The molecular formula is C54H34N2O2. The number of aryl methyl sites for hydroxylation is 1. The van der Waals surface area contributed by atoms with Crippen LogP contribution in [0.2, 0.25) is 0 Å². The highest BCUT2D eigenvalue weighted by atomic mass is 16.3. The molecule has 4 heteroatoms. The lowest BCUT2D eigenvalue weighted by molar-refractivity contribution is 0.670. The Bertz CT molecular complexity index is 3640. The topological polar surface area (TPSA) is 36.1 Å². The van der Waals surface area contributed by atoms with Crippen LogP contribution in [-0.2, 0) is 6.42 Å². The van der Waals surface area contributed by atoms with Gasteiger partial charge in [-0.1, -0.05) is 115 Å². The zero-order valence-electron chi connectivity index (χ0n) is 31.4. The molecule has 0 bridgehead atoms. The Morgan fingerprint density at radius 1 is 0.397 bits per heavy atom. The maximum atomic E-state index is 6.72. The van der Waals surface area contributed by atoms with E-state index in [4.69, 9.17) is 8.83 Å². The van der Waals surface area contributed by atoms with Gasteiger partial charge in [0.1, 0.15) is 22.3 Å². The summed E-state index contributed by atoms with van der Waals surface area (Å²) in [6.07, 6.45) is 6.73. The number of hydrogen-bond acceptors (Lipinski definition) is 2. The van der Waals surface area contributed by atoms with Crippen LogP contribution in [0.15, 0.2) is 185 Å². The lowest BCUT2D eigenvalue weighted by atomic mass is 9.96. The van der Waals surface area contributed by atoms with Crippen molar-refractivity contribution in [3.63, 3.8) is 0 Å². The zero-order chi connectivity index (χ0) is 37.9. The summed E-state index contributed by atoms with van der Waals surface area (Å²) >= 11 is 0. The SMILES string of the molecule is C1=Cc2c(c3ccccc3n2-c2ccc3oc4c(-c5cccc(-c6cccc7c6oc6ccc(-n8c9ccccc9c9ccccc98)cc67)c5)cccc4c3c2)CC1. The van der Waals surface area contributed by atoms with Gasteiger partial charge in [0.15, 0.2) is 0 Å². The highest BCUT2D eigenvalue weighted by molar-refractivity contribution is 6.13. The molecule has 0 saturated carbocycles. The number of hydrogen-bond donors (Lipinski definition) is 0. The average molecular weight is 743 g/mol. The van der Waals surface area contributed by atoms with E-state index in [0.29, 0.717) is 0 Å². The number of aromatic nitrogens is 2. The average Bonchev–Trinajstić information content (AvgIpc) is 4.04. The number of furan rings is 2. The minimum Gasteiger partial charge on any atom is -0.455 e. The van der Waals surface area contributed by atoms with Gasteiger partial charge in [0.2, 0.25) is 0 Å². The molecule has 8 aromatic carbocycles. The van der Waals surface area contributed by atoms with Crippen molar-refractivity contribution in [1.82, 2.24) is 9.13 Å². The molecule has 58 heavy (non-hydrogen) atoms. The van der Waals surface area contributed by atoms with Crippen LogP contribution in [0, 0.1) is 0 Å². The molecule has 0 N–H and O–H groups in total. The Hall–Kier alpha value is -7.56. The molecular weight excluding hydrogens is 709 g/mol. The van der Waals surface area contributed by atoms with Gasteiger partial charge in [-0.15, -0.1) is 0 Å². The summed E-state index contributed by atoms with van der Waals surface area (Å²) in [5.74, 6) is 0. The van der Waals surface area contributed by atoms with Gasteiger partial charge < -0.3 is 18.0 Å². The lowest BCUT2D eigenvalue weighted by Crippen LogP contribution is -2.00. The van der Waals surface area contributed by atoms with Crippen molar-refractivity contribution in [3.05, 3.63) is 187 Å². The van der Waals surface area contributed by atoms with Crippen LogP contribution in [0.3, 0.4) is 0 Å². The summed E-state index contributed by atoms with van der Waals surface area (Å²) in [6, 6.07) is 61.0. The second kappa shape index (κ2) is 12.0. The molecule has 0 aliphatic heterocycles. The van der Waals surface area contributed by atoms with Gasteiger partial charge in [-0.2, -0.15) is 0 Å². The Kier molecular flexibility index (Phi) is 6.53. The van der Waals surface area contributed by atoms with Gasteiger partial charge in [-0.25, -0.2) is 0 Å². The number of allylic oxidation sites excluding steroid dienone is 1. The number of benzene rings is 8. The molecule has 0 atom stereocenters. The van der Waals surface area contributed by atoms with E-state index in [1.807, 2.05) is 0 Å². The fraction of sp³-hybridized carbons (Fsp3) is 0.0370. The summed E-state index contributed by atoms with van der Waals surface area (Å²) in [7, 11) is 0. The van der Waals surface area contributed by atoms with Crippen LogP contribution in [0.25, 0.3) is 116 Å². The van der Waals surface area contributed by atoms with Crippen molar-refractivity contribution >= 4 is 82.7 Å². The molecule has 0 spiro atoms. The van der Waals surface area contributed by atoms with E-state index in [2.05, 4.69) is 191 Å². The Morgan fingerprint density at radius 2 is 0.897 bits per heavy atom. The maximum Gasteiger partial charge on any atom is 0.143 e. The first-order valence-corrected chi connectivity index (χ1v) is 20.1. The fourth-order valence-corrected chi connectivity index (χ4v) is 9.83. The summed E-state index contributed by atoms with van der Waals surface area (Å²) in [5.41, 5.74) is 16.5. The summed E-state index contributed by atoms with van der Waals surface area (Å²) in [4.78, 5) is 0. The molecule has 1 aliphatic rings. The molecule has 0 saturated heterocycles. The molecule has 4 aromatic heterocycles. The van der Waals surface area contributed by atoms with Gasteiger partial charge in [0.05, 0.1) is 16.6 Å². The number of fused-ring (bicyclic) bond motifs is 12. The summed E-state index contributed by atoms with van der Waals surface area (Å²) in [5, 5.41) is 8.27. The van der Waals surface area contributed by atoms with Crippen LogP contribution in [0.5, 0.6) is 0 Å². The van der Waals surface area contributed by atoms with Crippen molar-refractivity contribution in [3.8, 4) is 33.6 Å². The van der Waals surface area contributed by atoms with Crippen molar-refractivity contribution in [2.75, 3.05) is 0 Å². The van der Waals surface area contributed by atoms with E-state index in [9.17, 15) is 0 Å². The zero-order valence-corrected chi connectivity index (χ0v) is 31.4. The van der Waals surface area contributed by atoms with Crippen LogP contribution >= 0.6 is 0 Å². The predicted molar refractivity (Wildman–Crippen MR) is 240 cm³/mol. The van der Waals surface area contributed by atoms with E-state index in [0.717, 1.165) is 90.3 Å². The van der Waals surface area contributed by atoms with Crippen LogP contribution in [-0.4, -0.2) is 9.13 Å². The third kappa shape index (κ3) is 4.45. The molecule has 1 aliphatic carbocycles. The van der Waals surface area contributed by atoms with Crippen molar-refractivity contribution in [2.24, 2.45) is 0 Å². The standard InChI is InChI=1S/C54H34N2O2/c1-5-22-47-39(14-1)40-15-2-6-23-48(40)55(47)35-26-28-51-45(31-35)43-20-10-18-37(53(43)57-51)33-12-9-13-34(30-33)38-19-11-21-44-46-32-36(27-29-52(46)58-54(38)44)56-49-24-7-3-16-41(49)42-17-4-8-25-50(42)56/h1-3,5-16,18-32H,4,17H2. The normalized spacial score (nSPS) is 13.0. The van der Waals surface area contributed by atoms with Gasteiger partial charge in [0, 0.05) is 65.9 Å². The first-order valence-electron chi connectivity index (χ1n) is 20.1. The molecule has 4 nitrogen and oxygen atoms in total. The monoisotopic (exact) mass is 742 g/mol. The Morgan fingerprint density at radius 3 is 1.50 bits per heavy atom. The van der Waals surface area contributed by atoms with E-state index < -0.39 is 0 Å². The van der Waals surface area contributed by atoms with E-state index >= 15 is 0 Å². The van der Waals surface area contributed by atoms with Crippen LogP contribution < -0.4 is 0 Å². The van der Waals surface area contributed by atoms with Crippen molar-refractivity contribution in [1.29, 1.82) is 0 Å². The Labute approximate surface area is 333 Å². The maximum absolute atomic E-state index is 6.72. The second-order valence-corrected chi connectivity index (χ2v) is 15.5. The third-order valence-electron chi connectivity index (χ3n) is 12.4. The van der Waals surface area contributed by atoms with E-state index in [1.54, 1.807) is 0 Å². The second-order valence-electron chi connectivity index (χ2n) is 15.5. The minimum absolute atomic E-state index is 0.874. The molecule has 13 rings (SSSR count). The minimum atomic E-state index is 0.874. The number of nitrogens with zero attached hydrogens (tertiary/aromatic N) is 2. The fourth-order valence-electron chi connectivity index (χ4n) is 9.83. The van der Waals surface area contributed by atoms with Crippen molar-refractivity contribution < 1.29 is 8.83 Å². The molecule has 0 fully saturated rings. The molecule has 272 valence electrons. The van der Waals surface area contributed by atoms with E-state index in [-0.39, 0.29) is 0 Å². The van der Waals surface area contributed by atoms with Gasteiger partial charge in [-0.05, 0) is 96.3 Å².